The van der Waals surface area contributed by atoms with Crippen LogP contribution in [-0.4, -0.2) is 29.8 Å². The van der Waals surface area contributed by atoms with Gasteiger partial charge in [-0.15, -0.1) is 0 Å². The first kappa shape index (κ1) is 11.9. The topological polar surface area (TPSA) is 20.3 Å². The first-order chi connectivity index (χ1) is 8.72. The Balaban J connectivity index is 1.56. The molecule has 2 nitrogen and oxygen atoms in total. The molecule has 1 aromatic carbocycles. The third-order valence-corrected chi connectivity index (χ3v) is 4.49. The van der Waals surface area contributed by atoms with Crippen LogP contribution in [0.1, 0.15) is 41.6 Å². The number of ketones is 1. The maximum absolute atomic E-state index is 12.1. The molecule has 96 valence electrons. The molecule has 2 fully saturated rings. The van der Waals surface area contributed by atoms with E-state index in [1.165, 1.54) is 31.4 Å². The van der Waals surface area contributed by atoms with Gasteiger partial charge in [0.25, 0.3) is 0 Å². The van der Waals surface area contributed by atoms with Crippen LogP contribution < -0.4 is 0 Å². The highest BCUT2D eigenvalue weighted by Gasteiger charge is 2.37. The Labute approximate surface area is 109 Å². The Kier molecular flexibility index (Phi) is 3.21. The van der Waals surface area contributed by atoms with Crippen LogP contribution in [0, 0.1) is 12.8 Å². The first-order valence-electron chi connectivity index (χ1n) is 7.06. The van der Waals surface area contributed by atoms with Gasteiger partial charge in [-0.3, -0.25) is 9.69 Å². The second kappa shape index (κ2) is 4.85. The van der Waals surface area contributed by atoms with Crippen LogP contribution in [0.4, 0.5) is 0 Å². The SMILES string of the molecule is Cc1cccc(C(=O)CCN2CC3CCC2C3)c1. The zero-order valence-corrected chi connectivity index (χ0v) is 11.1. The number of carbonyl (C=O) groups is 1. The van der Waals surface area contributed by atoms with Crippen LogP contribution in [-0.2, 0) is 0 Å². The van der Waals surface area contributed by atoms with Crippen LogP contribution >= 0.6 is 0 Å². The van der Waals surface area contributed by atoms with E-state index >= 15 is 0 Å². The highest BCUT2D eigenvalue weighted by atomic mass is 16.1. The van der Waals surface area contributed by atoms with E-state index < -0.39 is 0 Å². The molecule has 0 spiro atoms. The number of hydrogen-bond donors (Lipinski definition) is 0. The molecule has 0 radical (unpaired) electrons. The third-order valence-electron chi connectivity index (χ3n) is 4.49. The fourth-order valence-electron chi connectivity index (χ4n) is 3.51. The van der Waals surface area contributed by atoms with Crippen LogP contribution in [0.3, 0.4) is 0 Å². The summed E-state index contributed by atoms with van der Waals surface area (Å²) < 4.78 is 0. The van der Waals surface area contributed by atoms with Crippen molar-refractivity contribution in [3.8, 4) is 0 Å². The standard InChI is InChI=1S/C16H21NO/c1-12-3-2-4-14(9-12)16(18)7-8-17-11-13-5-6-15(17)10-13/h2-4,9,13,15H,5-8,10-11H2,1H3. The monoisotopic (exact) mass is 243 g/mol. The summed E-state index contributed by atoms with van der Waals surface area (Å²) in [6.07, 6.45) is 4.81. The molecule has 2 bridgehead atoms. The van der Waals surface area contributed by atoms with Gasteiger partial charge in [0.15, 0.2) is 5.78 Å². The Bertz CT molecular complexity index is 454. The van der Waals surface area contributed by atoms with E-state index in [-0.39, 0.29) is 0 Å². The molecule has 1 saturated heterocycles. The molecular weight excluding hydrogens is 222 g/mol. The summed E-state index contributed by atoms with van der Waals surface area (Å²) in [7, 11) is 0. The average Bonchev–Trinajstić information content (AvgIpc) is 2.98. The van der Waals surface area contributed by atoms with Crippen molar-refractivity contribution < 1.29 is 4.79 Å². The van der Waals surface area contributed by atoms with Crippen molar-refractivity contribution in [2.75, 3.05) is 13.1 Å². The van der Waals surface area contributed by atoms with Crippen LogP contribution in [0.15, 0.2) is 24.3 Å². The number of carbonyl (C=O) groups excluding carboxylic acids is 1. The maximum atomic E-state index is 12.1. The minimum absolute atomic E-state index is 0.293. The van der Waals surface area contributed by atoms with E-state index in [9.17, 15) is 4.79 Å². The fraction of sp³-hybridized carbons (Fsp3) is 0.562. The summed E-state index contributed by atoms with van der Waals surface area (Å²) in [6, 6.07) is 8.72. The van der Waals surface area contributed by atoms with Gasteiger partial charge in [-0.1, -0.05) is 23.8 Å². The molecule has 0 aromatic heterocycles. The number of fused-ring (bicyclic) bond motifs is 2. The van der Waals surface area contributed by atoms with Gasteiger partial charge >= 0.3 is 0 Å². The predicted octanol–water partition coefficient (Wildman–Crippen LogP) is 3.05. The Morgan fingerprint density at radius 1 is 1.39 bits per heavy atom. The Hall–Kier alpha value is -1.15. The smallest absolute Gasteiger partial charge is 0.164 e. The Morgan fingerprint density at radius 2 is 2.28 bits per heavy atom. The molecular formula is C16H21NO. The van der Waals surface area contributed by atoms with Gasteiger partial charge in [0.05, 0.1) is 0 Å². The normalized spacial score (nSPS) is 26.7. The van der Waals surface area contributed by atoms with Crippen LogP contribution in [0.25, 0.3) is 0 Å². The van der Waals surface area contributed by atoms with Gasteiger partial charge in [0.1, 0.15) is 0 Å². The minimum atomic E-state index is 0.293. The van der Waals surface area contributed by atoms with Crippen LogP contribution in [0.5, 0.6) is 0 Å². The zero-order valence-electron chi connectivity index (χ0n) is 11.1. The Morgan fingerprint density at radius 3 is 2.94 bits per heavy atom. The van der Waals surface area contributed by atoms with E-state index in [1.807, 2.05) is 31.2 Å². The van der Waals surface area contributed by atoms with Gasteiger partial charge in [0.2, 0.25) is 0 Å². The van der Waals surface area contributed by atoms with Crippen molar-refractivity contribution >= 4 is 5.78 Å². The lowest BCUT2D eigenvalue weighted by molar-refractivity contribution is 0.0955. The third kappa shape index (κ3) is 2.35. The molecule has 2 unspecified atom stereocenters. The number of likely N-dealkylation sites (tertiary alicyclic amines) is 1. The molecule has 1 heterocycles. The lowest BCUT2D eigenvalue weighted by Crippen LogP contribution is -2.33. The number of nitrogens with zero attached hydrogens (tertiary/aromatic N) is 1. The van der Waals surface area contributed by atoms with Gasteiger partial charge in [-0.2, -0.15) is 0 Å². The van der Waals surface area contributed by atoms with Crippen molar-refractivity contribution in [2.24, 2.45) is 5.92 Å². The van der Waals surface area contributed by atoms with Crippen molar-refractivity contribution in [2.45, 2.75) is 38.6 Å². The van der Waals surface area contributed by atoms with Gasteiger partial charge in [-0.05, 0) is 38.2 Å². The summed E-state index contributed by atoms with van der Waals surface area (Å²) >= 11 is 0. The van der Waals surface area contributed by atoms with Gasteiger partial charge < -0.3 is 0 Å². The van der Waals surface area contributed by atoms with E-state index in [4.69, 9.17) is 0 Å². The number of aryl methyl sites for hydroxylation is 1. The first-order valence-corrected chi connectivity index (χ1v) is 7.06. The number of Topliss-reactive ketones (excluding diaryl/α,β-unsaturated/α-hetero) is 1. The molecule has 1 aromatic rings. The van der Waals surface area contributed by atoms with Gasteiger partial charge in [0, 0.05) is 31.1 Å². The highest BCUT2D eigenvalue weighted by Crippen LogP contribution is 2.37. The van der Waals surface area contributed by atoms with E-state index in [0.29, 0.717) is 12.2 Å². The molecule has 1 aliphatic carbocycles. The molecule has 2 atom stereocenters. The van der Waals surface area contributed by atoms with E-state index in [0.717, 1.165) is 24.1 Å². The minimum Gasteiger partial charge on any atom is -0.300 e. The summed E-state index contributed by atoms with van der Waals surface area (Å²) in [5.41, 5.74) is 2.04. The molecule has 2 aliphatic rings. The van der Waals surface area contributed by atoms with Crippen LogP contribution in [0.2, 0.25) is 0 Å². The van der Waals surface area contributed by atoms with E-state index in [1.54, 1.807) is 0 Å². The van der Waals surface area contributed by atoms with Crippen molar-refractivity contribution in [1.29, 1.82) is 0 Å². The van der Waals surface area contributed by atoms with Gasteiger partial charge in [-0.25, -0.2) is 0 Å². The molecule has 3 rings (SSSR count). The number of piperidine rings is 1. The molecule has 1 aliphatic heterocycles. The lowest BCUT2D eigenvalue weighted by Gasteiger charge is -2.26. The number of rotatable bonds is 4. The lowest BCUT2D eigenvalue weighted by atomic mass is 10.0. The summed E-state index contributed by atoms with van der Waals surface area (Å²) in [4.78, 5) is 14.7. The average molecular weight is 243 g/mol. The predicted molar refractivity (Wildman–Crippen MR) is 72.8 cm³/mol. The summed E-state index contributed by atoms with van der Waals surface area (Å²) in [5.74, 6) is 1.21. The largest absolute Gasteiger partial charge is 0.300 e. The second-order valence-electron chi connectivity index (χ2n) is 5.87. The maximum Gasteiger partial charge on any atom is 0.164 e. The van der Waals surface area contributed by atoms with Crippen molar-refractivity contribution in [3.63, 3.8) is 0 Å². The molecule has 18 heavy (non-hydrogen) atoms. The van der Waals surface area contributed by atoms with Crippen molar-refractivity contribution in [3.05, 3.63) is 35.4 Å². The quantitative estimate of drug-likeness (QED) is 0.758. The second-order valence-corrected chi connectivity index (χ2v) is 5.87. The molecule has 0 amide bonds. The molecule has 0 N–H and O–H groups in total. The fourth-order valence-corrected chi connectivity index (χ4v) is 3.51. The number of hydrogen-bond acceptors (Lipinski definition) is 2. The number of benzene rings is 1. The molecule has 2 heteroatoms. The van der Waals surface area contributed by atoms with Crippen molar-refractivity contribution in [1.82, 2.24) is 4.90 Å². The summed E-state index contributed by atoms with van der Waals surface area (Å²) in [5, 5.41) is 0. The highest BCUT2D eigenvalue weighted by molar-refractivity contribution is 5.96. The van der Waals surface area contributed by atoms with E-state index in [2.05, 4.69) is 4.90 Å². The molecule has 1 saturated carbocycles. The summed E-state index contributed by atoms with van der Waals surface area (Å²) in [6.45, 7) is 4.22. The zero-order chi connectivity index (χ0) is 12.5.